The number of amides is 1. The van der Waals surface area contributed by atoms with E-state index in [1.165, 1.54) is 0 Å². The van der Waals surface area contributed by atoms with Crippen LogP contribution in [0.5, 0.6) is 0 Å². The van der Waals surface area contributed by atoms with E-state index in [4.69, 9.17) is 34.0 Å². The Labute approximate surface area is 135 Å². The van der Waals surface area contributed by atoms with Crippen LogP contribution in [0.2, 0.25) is 10.0 Å². The first-order valence-corrected chi connectivity index (χ1v) is 7.53. The standard InChI is InChI=1S/C14H21Cl2N3O2/c1-19(5-3-2-4-6-20)9-13(21)18-14-11(15)7-10(17)8-12(14)16/h7-8,20H,2-6,9,17H2,1H3,(H,18,21). The molecule has 0 aliphatic heterocycles. The van der Waals surface area contributed by atoms with Crippen molar-refractivity contribution < 1.29 is 9.90 Å². The van der Waals surface area contributed by atoms with Crippen molar-refractivity contribution in [2.24, 2.45) is 0 Å². The van der Waals surface area contributed by atoms with Crippen LogP contribution in [0.3, 0.4) is 0 Å². The van der Waals surface area contributed by atoms with E-state index in [2.05, 4.69) is 5.32 Å². The summed E-state index contributed by atoms with van der Waals surface area (Å²) in [5, 5.41) is 12.0. The Hall–Kier alpha value is -1.01. The molecule has 0 spiro atoms. The van der Waals surface area contributed by atoms with Crippen molar-refractivity contribution in [2.45, 2.75) is 19.3 Å². The number of nitrogen functional groups attached to an aromatic ring is 1. The number of aliphatic hydroxyl groups excluding tert-OH is 1. The monoisotopic (exact) mass is 333 g/mol. The van der Waals surface area contributed by atoms with E-state index in [9.17, 15) is 4.79 Å². The van der Waals surface area contributed by atoms with Crippen molar-refractivity contribution in [3.05, 3.63) is 22.2 Å². The van der Waals surface area contributed by atoms with Gasteiger partial charge in [0.15, 0.2) is 0 Å². The van der Waals surface area contributed by atoms with Gasteiger partial charge < -0.3 is 16.2 Å². The lowest BCUT2D eigenvalue weighted by atomic mass is 10.2. The molecule has 0 saturated carbocycles. The molecule has 0 atom stereocenters. The highest BCUT2D eigenvalue weighted by Crippen LogP contribution is 2.32. The van der Waals surface area contributed by atoms with Gasteiger partial charge in [0.1, 0.15) is 0 Å². The lowest BCUT2D eigenvalue weighted by molar-refractivity contribution is -0.117. The van der Waals surface area contributed by atoms with E-state index in [1.807, 2.05) is 11.9 Å². The minimum atomic E-state index is -0.187. The predicted molar refractivity (Wildman–Crippen MR) is 87.9 cm³/mol. The summed E-state index contributed by atoms with van der Waals surface area (Å²) >= 11 is 12.0. The summed E-state index contributed by atoms with van der Waals surface area (Å²) in [5.41, 5.74) is 6.44. The van der Waals surface area contributed by atoms with Gasteiger partial charge in [0.25, 0.3) is 0 Å². The van der Waals surface area contributed by atoms with Gasteiger partial charge in [0.2, 0.25) is 5.91 Å². The molecule has 0 radical (unpaired) electrons. The second-order valence-corrected chi connectivity index (χ2v) is 5.74. The van der Waals surface area contributed by atoms with E-state index in [1.54, 1.807) is 12.1 Å². The van der Waals surface area contributed by atoms with Gasteiger partial charge in [-0.2, -0.15) is 0 Å². The van der Waals surface area contributed by atoms with Crippen molar-refractivity contribution in [1.29, 1.82) is 0 Å². The number of anilines is 2. The highest BCUT2D eigenvalue weighted by Gasteiger charge is 2.12. The average Bonchev–Trinajstić information content (AvgIpc) is 2.39. The molecule has 0 saturated heterocycles. The first-order valence-electron chi connectivity index (χ1n) is 6.77. The lowest BCUT2D eigenvalue weighted by Gasteiger charge is -2.17. The number of rotatable bonds is 8. The molecule has 0 bridgehead atoms. The normalized spacial score (nSPS) is 10.9. The molecule has 118 valence electrons. The summed E-state index contributed by atoms with van der Waals surface area (Å²) in [5.74, 6) is -0.187. The fraction of sp³-hybridized carbons (Fsp3) is 0.500. The van der Waals surface area contributed by atoms with Gasteiger partial charge >= 0.3 is 0 Å². The Bertz CT molecular complexity index is 460. The Morgan fingerprint density at radius 1 is 1.29 bits per heavy atom. The van der Waals surface area contributed by atoms with Gasteiger partial charge in [-0.05, 0) is 45.0 Å². The number of nitrogens with one attached hydrogen (secondary N) is 1. The van der Waals surface area contributed by atoms with Crippen LogP contribution in [0.1, 0.15) is 19.3 Å². The molecule has 1 amide bonds. The van der Waals surface area contributed by atoms with Crippen LogP contribution in [0.4, 0.5) is 11.4 Å². The zero-order valence-corrected chi connectivity index (χ0v) is 13.5. The van der Waals surface area contributed by atoms with Crippen LogP contribution in [0.15, 0.2) is 12.1 Å². The summed E-state index contributed by atoms with van der Waals surface area (Å²) in [6.45, 7) is 1.24. The molecule has 0 aromatic heterocycles. The SMILES string of the molecule is CN(CCCCCO)CC(=O)Nc1c(Cl)cc(N)cc1Cl. The number of nitrogens with zero attached hydrogens (tertiary/aromatic N) is 1. The third-order valence-electron chi connectivity index (χ3n) is 2.94. The van der Waals surface area contributed by atoms with Gasteiger partial charge in [-0.25, -0.2) is 0 Å². The Kier molecular flexibility index (Phi) is 7.82. The van der Waals surface area contributed by atoms with E-state index < -0.39 is 0 Å². The Balaban J connectivity index is 2.47. The molecule has 1 aromatic rings. The molecular formula is C14H21Cl2N3O2. The van der Waals surface area contributed by atoms with Gasteiger partial charge in [0, 0.05) is 12.3 Å². The van der Waals surface area contributed by atoms with E-state index in [0.29, 0.717) is 21.4 Å². The molecule has 7 heteroatoms. The topological polar surface area (TPSA) is 78.6 Å². The molecule has 5 nitrogen and oxygen atoms in total. The third kappa shape index (κ3) is 6.52. The number of benzene rings is 1. The van der Waals surface area contributed by atoms with E-state index in [-0.39, 0.29) is 19.1 Å². The van der Waals surface area contributed by atoms with Crippen LogP contribution in [-0.4, -0.2) is 42.7 Å². The van der Waals surface area contributed by atoms with Gasteiger partial charge in [-0.1, -0.05) is 23.2 Å². The molecule has 0 heterocycles. The maximum Gasteiger partial charge on any atom is 0.238 e. The molecule has 0 fully saturated rings. The van der Waals surface area contributed by atoms with E-state index >= 15 is 0 Å². The molecule has 4 N–H and O–H groups in total. The number of aliphatic hydroxyl groups is 1. The number of halogens is 2. The van der Waals surface area contributed by atoms with Crippen LogP contribution in [0.25, 0.3) is 0 Å². The van der Waals surface area contributed by atoms with Crippen LogP contribution in [0, 0.1) is 0 Å². The largest absolute Gasteiger partial charge is 0.399 e. The van der Waals surface area contributed by atoms with Crippen molar-refractivity contribution >= 4 is 40.5 Å². The molecule has 21 heavy (non-hydrogen) atoms. The highest BCUT2D eigenvalue weighted by molar-refractivity contribution is 6.40. The first-order chi connectivity index (χ1) is 9.93. The zero-order chi connectivity index (χ0) is 15.8. The molecular weight excluding hydrogens is 313 g/mol. The average molecular weight is 334 g/mol. The third-order valence-corrected chi connectivity index (χ3v) is 3.54. The van der Waals surface area contributed by atoms with Crippen LogP contribution in [-0.2, 0) is 4.79 Å². The highest BCUT2D eigenvalue weighted by atomic mass is 35.5. The van der Waals surface area contributed by atoms with Crippen LogP contribution < -0.4 is 11.1 Å². The second kappa shape index (κ2) is 9.10. The minimum Gasteiger partial charge on any atom is -0.399 e. The van der Waals surface area contributed by atoms with Crippen molar-refractivity contribution in [1.82, 2.24) is 4.90 Å². The fourth-order valence-corrected chi connectivity index (χ4v) is 2.48. The van der Waals surface area contributed by atoms with Crippen LogP contribution >= 0.6 is 23.2 Å². The van der Waals surface area contributed by atoms with Crippen molar-refractivity contribution in [3.63, 3.8) is 0 Å². The number of nitrogens with two attached hydrogens (primary N) is 1. The number of unbranched alkanes of at least 4 members (excludes halogenated alkanes) is 2. The summed E-state index contributed by atoms with van der Waals surface area (Å²) in [6.07, 6.45) is 2.67. The summed E-state index contributed by atoms with van der Waals surface area (Å²) < 4.78 is 0. The number of carbonyl (C=O) groups excluding carboxylic acids is 1. The number of hydrogen-bond donors (Lipinski definition) is 3. The summed E-state index contributed by atoms with van der Waals surface area (Å²) in [6, 6.07) is 3.09. The van der Waals surface area contributed by atoms with Crippen molar-refractivity contribution in [3.8, 4) is 0 Å². The fourth-order valence-electron chi connectivity index (χ4n) is 1.89. The molecule has 0 aliphatic rings. The second-order valence-electron chi connectivity index (χ2n) is 4.93. The first kappa shape index (κ1) is 18.0. The molecule has 1 aromatic carbocycles. The van der Waals surface area contributed by atoms with Gasteiger partial charge in [-0.15, -0.1) is 0 Å². The Morgan fingerprint density at radius 3 is 2.48 bits per heavy atom. The van der Waals surface area contributed by atoms with Gasteiger partial charge in [0.05, 0.1) is 22.3 Å². The minimum absolute atomic E-state index is 0.187. The summed E-state index contributed by atoms with van der Waals surface area (Å²) in [4.78, 5) is 13.9. The maximum atomic E-state index is 12.0. The Morgan fingerprint density at radius 2 is 1.90 bits per heavy atom. The maximum absolute atomic E-state index is 12.0. The predicted octanol–water partition coefficient (Wildman–Crippen LogP) is 2.61. The summed E-state index contributed by atoms with van der Waals surface area (Å²) in [7, 11) is 1.87. The molecule has 0 aliphatic carbocycles. The lowest BCUT2D eigenvalue weighted by Crippen LogP contribution is -2.31. The number of likely N-dealkylation sites (N-methyl/N-ethyl adjacent to an activating group) is 1. The molecule has 0 unspecified atom stereocenters. The van der Waals surface area contributed by atoms with E-state index in [0.717, 1.165) is 25.8 Å². The zero-order valence-electron chi connectivity index (χ0n) is 12.0. The number of carbonyl (C=O) groups is 1. The van der Waals surface area contributed by atoms with Gasteiger partial charge in [-0.3, -0.25) is 9.69 Å². The quantitative estimate of drug-likeness (QED) is 0.504. The smallest absolute Gasteiger partial charge is 0.238 e. The molecule has 1 rings (SSSR count). The van der Waals surface area contributed by atoms with Crippen molar-refractivity contribution in [2.75, 3.05) is 37.8 Å². The number of hydrogen-bond acceptors (Lipinski definition) is 4.